The Balaban J connectivity index is 1.69. The summed E-state index contributed by atoms with van der Waals surface area (Å²) < 4.78 is 3.00. The number of nitrogens with zero attached hydrogens (tertiary/aromatic N) is 6. The van der Waals surface area contributed by atoms with Gasteiger partial charge in [-0.3, -0.25) is 4.79 Å². The summed E-state index contributed by atoms with van der Waals surface area (Å²) in [5.74, 6) is 0.339. The van der Waals surface area contributed by atoms with Gasteiger partial charge in [0.1, 0.15) is 18.7 Å². The van der Waals surface area contributed by atoms with Crippen LogP contribution in [0.25, 0.3) is 0 Å². The van der Waals surface area contributed by atoms with Gasteiger partial charge in [0, 0.05) is 11.1 Å². The number of aromatic nitrogens is 6. The Morgan fingerprint density at radius 1 is 1.27 bits per heavy atom. The molecule has 3 aromatic rings. The summed E-state index contributed by atoms with van der Waals surface area (Å²) in [7, 11) is 0. The number of benzene rings is 1. The number of rotatable bonds is 5. The summed E-state index contributed by atoms with van der Waals surface area (Å²) in [6.45, 7) is 0.497. The van der Waals surface area contributed by atoms with E-state index in [-0.39, 0.29) is 12.5 Å². The molecule has 0 radical (unpaired) electrons. The lowest BCUT2D eigenvalue weighted by atomic mass is 10.2. The molecule has 8 nitrogen and oxygen atoms in total. The molecule has 1 amide bonds. The largest absolute Gasteiger partial charge is 0.309 e. The van der Waals surface area contributed by atoms with E-state index in [2.05, 4.69) is 25.9 Å². The van der Waals surface area contributed by atoms with E-state index in [1.807, 2.05) is 24.3 Å². The second kappa shape index (κ2) is 6.35. The monoisotopic (exact) mass is 317 g/mol. The molecule has 3 rings (SSSR count). The van der Waals surface area contributed by atoms with Gasteiger partial charge in [-0.15, -0.1) is 5.10 Å². The maximum absolute atomic E-state index is 12.0. The van der Waals surface area contributed by atoms with Crippen LogP contribution in [0.15, 0.2) is 42.9 Å². The lowest BCUT2D eigenvalue weighted by Crippen LogP contribution is -2.21. The van der Waals surface area contributed by atoms with Crippen molar-refractivity contribution in [3.8, 4) is 0 Å². The van der Waals surface area contributed by atoms with Crippen LogP contribution in [0.4, 0.5) is 5.82 Å². The number of hydrogen-bond acceptors (Lipinski definition) is 5. The second-order valence-corrected chi connectivity index (χ2v) is 4.93. The smallest absolute Gasteiger partial charge is 0.247 e. The highest BCUT2D eigenvalue weighted by molar-refractivity contribution is 6.31. The van der Waals surface area contributed by atoms with Gasteiger partial charge in [0.05, 0.1) is 12.7 Å². The number of carbonyl (C=O) groups excluding carboxylic acids is 1. The van der Waals surface area contributed by atoms with E-state index in [9.17, 15) is 4.79 Å². The first-order valence-corrected chi connectivity index (χ1v) is 6.86. The van der Waals surface area contributed by atoms with E-state index >= 15 is 0 Å². The number of halogens is 1. The van der Waals surface area contributed by atoms with Crippen molar-refractivity contribution < 1.29 is 4.79 Å². The molecule has 9 heteroatoms. The van der Waals surface area contributed by atoms with Gasteiger partial charge in [0.2, 0.25) is 5.91 Å². The third-order valence-electron chi connectivity index (χ3n) is 2.96. The van der Waals surface area contributed by atoms with Gasteiger partial charge in [-0.25, -0.2) is 9.36 Å². The maximum atomic E-state index is 12.0. The van der Waals surface area contributed by atoms with Crippen molar-refractivity contribution in [1.29, 1.82) is 0 Å². The molecular weight excluding hydrogens is 306 g/mol. The Labute approximate surface area is 130 Å². The van der Waals surface area contributed by atoms with Crippen LogP contribution in [0.5, 0.6) is 0 Å². The minimum atomic E-state index is -0.242. The lowest BCUT2D eigenvalue weighted by Gasteiger charge is -2.10. The number of nitrogens with one attached hydrogen (secondary N) is 1. The highest BCUT2D eigenvalue weighted by Gasteiger charge is 2.10. The number of anilines is 1. The summed E-state index contributed by atoms with van der Waals surface area (Å²) in [4.78, 5) is 12.0. The van der Waals surface area contributed by atoms with E-state index in [1.165, 1.54) is 11.0 Å². The van der Waals surface area contributed by atoms with Crippen molar-refractivity contribution in [3.63, 3.8) is 0 Å². The fraction of sp³-hybridized carbons (Fsp3) is 0.154. The molecule has 0 fully saturated rings. The van der Waals surface area contributed by atoms with Crippen molar-refractivity contribution >= 4 is 23.3 Å². The van der Waals surface area contributed by atoms with Crippen LogP contribution in [0.1, 0.15) is 5.56 Å². The zero-order chi connectivity index (χ0) is 15.4. The Kier molecular flexibility index (Phi) is 4.10. The molecule has 0 bridgehead atoms. The van der Waals surface area contributed by atoms with Crippen LogP contribution < -0.4 is 5.32 Å². The lowest BCUT2D eigenvalue weighted by molar-refractivity contribution is -0.117. The average molecular weight is 318 g/mol. The van der Waals surface area contributed by atoms with Crippen LogP contribution in [0, 0.1) is 0 Å². The normalized spacial score (nSPS) is 10.6. The number of tetrazole rings is 1. The maximum Gasteiger partial charge on any atom is 0.247 e. The summed E-state index contributed by atoms with van der Waals surface area (Å²) in [6.07, 6.45) is 2.99. The second-order valence-electron chi connectivity index (χ2n) is 4.52. The molecular formula is C13H12ClN7O. The molecule has 0 aliphatic carbocycles. The zero-order valence-electron chi connectivity index (χ0n) is 11.4. The van der Waals surface area contributed by atoms with E-state index in [0.29, 0.717) is 17.4 Å². The number of hydrogen-bond donors (Lipinski definition) is 1. The van der Waals surface area contributed by atoms with Crippen molar-refractivity contribution in [1.82, 2.24) is 30.0 Å². The Bertz CT molecular complexity index is 768. The Morgan fingerprint density at radius 3 is 2.91 bits per heavy atom. The SMILES string of the molecule is O=C(Cn1cnnn1)Nc1ccnn1Cc1ccccc1Cl. The third kappa shape index (κ3) is 3.29. The van der Waals surface area contributed by atoms with Gasteiger partial charge in [0.25, 0.3) is 0 Å². The number of carbonyl (C=O) groups is 1. The fourth-order valence-electron chi connectivity index (χ4n) is 1.94. The van der Waals surface area contributed by atoms with Crippen molar-refractivity contribution in [2.24, 2.45) is 0 Å². The number of amides is 1. The average Bonchev–Trinajstić information content (AvgIpc) is 3.14. The molecule has 22 heavy (non-hydrogen) atoms. The molecule has 2 heterocycles. The molecule has 0 aliphatic rings. The summed E-state index contributed by atoms with van der Waals surface area (Å²) in [6, 6.07) is 9.21. The third-order valence-corrected chi connectivity index (χ3v) is 3.33. The highest BCUT2D eigenvalue weighted by Crippen LogP contribution is 2.18. The molecule has 0 saturated carbocycles. The van der Waals surface area contributed by atoms with E-state index in [4.69, 9.17) is 11.6 Å². The molecule has 1 N–H and O–H groups in total. The first-order chi connectivity index (χ1) is 10.7. The van der Waals surface area contributed by atoms with Crippen LogP contribution >= 0.6 is 11.6 Å². The van der Waals surface area contributed by atoms with Crippen LogP contribution in [0.2, 0.25) is 5.02 Å². The van der Waals surface area contributed by atoms with Gasteiger partial charge in [0.15, 0.2) is 0 Å². The quantitative estimate of drug-likeness (QED) is 0.764. The minimum absolute atomic E-state index is 0.0320. The van der Waals surface area contributed by atoms with Crippen molar-refractivity contribution in [2.75, 3.05) is 5.32 Å². The van der Waals surface area contributed by atoms with Gasteiger partial charge >= 0.3 is 0 Å². The van der Waals surface area contributed by atoms with Gasteiger partial charge in [-0.1, -0.05) is 29.8 Å². The topological polar surface area (TPSA) is 90.5 Å². The van der Waals surface area contributed by atoms with Crippen molar-refractivity contribution in [3.05, 3.63) is 53.4 Å². The molecule has 112 valence electrons. The van der Waals surface area contributed by atoms with E-state index in [1.54, 1.807) is 16.9 Å². The predicted molar refractivity (Wildman–Crippen MR) is 79.2 cm³/mol. The summed E-state index contributed by atoms with van der Waals surface area (Å²) in [5.41, 5.74) is 0.920. The molecule has 1 aromatic carbocycles. The van der Waals surface area contributed by atoms with E-state index < -0.39 is 0 Å². The minimum Gasteiger partial charge on any atom is -0.309 e. The first kappa shape index (κ1) is 14.2. The van der Waals surface area contributed by atoms with Crippen molar-refractivity contribution in [2.45, 2.75) is 13.1 Å². The molecule has 2 aromatic heterocycles. The van der Waals surface area contributed by atoms with Crippen LogP contribution in [-0.2, 0) is 17.9 Å². The predicted octanol–water partition coefficient (Wildman–Crippen LogP) is 1.21. The Hall–Kier alpha value is -2.74. The summed E-state index contributed by atoms with van der Waals surface area (Å²) in [5, 5.41) is 18.2. The highest BCUT2D eigenvalue weighted by atomic mass is 35.5. The molecule has 0 saturated heterocycles. The van der Waals surface area contributed by atoms with Crippen LogP contribution in [-0.4, -0.2) is 35.9 Å². The van der Waals surface area contributed by atoms with Gasteiger partial charge < -0.3 is 5.32 Å². The molecule has 0 atom stereocenters. The molecule has 0 aliphatic heterocycles. The first-order valence-electron chi connectivity index (χ1n) is 6.48. The van der Waals surface area contributed by atoms with Gasteiger partial charge in [-0.2, -0.15) is 5.10 Å². The zero-order valence-corrected chi connectivity index (χ0v) is 12.2. The van der Waals surface area contributed by atoms with Gasteiger partial charge in [-0.05, 0) is 22.1 Å². The molecule has 0 unspecified atom stereocenters. The van der Waals surface area contributed by atoms with Crippen LogP contribution in [0.3, 0.4) is 0 Å². The summed E-state index contributed by atoms with van der Waals surface area (Å²) >= 11 is 6.14. The Morgan fingerprint density at radius 2 is 2.14 bits per heavy atom. The van der Waals surface area contributed by atoms with E-state index in [0.717, 1.165) is 5.56 Å². The fourth-order valence-corrected chi connectivity index (χ4v) is 2.13. The molecule has 0 spiro atoms. The standard InChI is InChI=1S/C13H12ClN7O/c14-11-4-2-1-3-10(11)7-21-12(5-6-16-21)17-13(22)8-20-9-15-18-19-20/h1-6,9H,7-8H2,(H,17,22).